The highest BCUT2D eigenvalue weighted by Gasteiger charge is 2.32. The molecule has 1 aromatic carbocycles. The average Bonchev–Trinajstić information content (AvgIpc) is 3.23. The quantitative estimate of drug-likeness (QED) is 0.917. The van der Waals surface area contributed by atoms with Crippen molar-refractivity contribution in [1.82, 2.24) is 10.3 Å². The van der Waals surface area contributed by atoms with Crippen LogP contribution in [0.25, 0.3) is 11.3 Å². The fraction of sp³-hybridized carbons (Fsp3) is 0.375. The van der Waals surface area contributed by atoms with Gasteiger partial charge in [0.1, 0.15) is 10.8 Å². The average molecular weight is 304 g/mol. The summed E-state index contributed by atoms with van der Waals surface area (Å²) in [7, 11) is 0. The molecular weight excluding hydrogens is 287 g/mol. The molecule has 2 aromatic rings. The SMILES string of the molecule is CC(C(=O)NCc1nc(-c2ccccc2F)cs1)C1CC1. The van der Waals surface area contributed by atoms with Crippen molar-refractivity contribution >= 4 is 17.2 Å². The van der Waals surface area contributed by atoms with Gasteiger partial charge in [0, 0.05) is 16.9 Å². The molecular formula is C16H17FN2OS. The van der Waals surface area contributed by atoms with Crippen molar-refractivity contribution in [3.63, 3.8) is 0 Å². The molecule has 1 fully saturated rings. The third-order valence-electron chi connectivity index (χ3n) is 3.86. The molecule has 1 heterocycles. The van der Waals surface area contributed by atoms with Gasteiger partial charge < -0.3 is 5.32 Å². The van der Waals surface area contributed by atoms with Crippen LogP contribution in [0.2, 0.25) is 0 Å². The van der Waals surface area contributed by atoms with E-state index in [-0.39, 0.29) is 17.6 Å². The maximum atomic E-state index is 13.7. The smallest absolute Gasteiger partial charge is 0.223 e. The Morgan fingerprint density at radius 1 is 1.48 bits per heavy atom. The summed E-state index contributed by atoms with van der Waals surface area (Å²) in [5, 5.41) is 5.53. The largest absolute Gasteiger partial charge is 0.349 e. The van der Waals surface area contributed by atoms with Crippen molar-refractivity contribution in [3.05, 3.63) is 40.5 Å². The number of hydrogen-bond acceptors (Lipinski definition) is 3. The van der Waals surface area contributed by atoms with Gasteiger partial charge in [-0.1, -0.05) is 19.1 Å². The molecule has 1 N–H and O–H groups in total. The Morgan fingerprint density at radius 2 is 2.24 bits per heavy atom. The molecule has 3 rings (SSSR count). The van der Waals surface area contributed by atoms with Gasteiger partial charge in [0.05, 0.1) is 12.2 Å². The summed E-state index contributed by atoms with van der Waals surface area (Å²) >= 11 is 1.44. The number of carbonyl (C=O) groups excluding carboxylic acids is 1. The number of rotatable bonds is 5. The van der Waals surface area contributed by atoms with Gasteiger partial charge in [-0.2, -0.15) is 0 Å². The molecule has 5 heteroatoms. The summed E-state index contributed by atoms with van der Waals surface area (Å²) in [6.07, 6.45) is 2.31. The molecule has 1 aliphatic rings. The fourth-order valence-corrected chi connectivity index (χ4v) is 3.05. The summed E-state index contributed by atoms with van der Waals surface area (Å²) in [5.41, 5.74) is 1.12. The highest BCUT2D eigenvalue weighted by molar-refractivity contribution is 7.09. The standard InChI is InChI=1S/C16H17FN2OS/c1-10(11-6-7-11)16(20)18-8-15-19-14(9-21-15)12-4-2-3-5-13(12)17/h2-5,9-11H,6-8H2,1H3,(H,18,20). The van der Waals surface area contributed by atoms with Crippen LogP contribution in [0, 0.1) is 17.7 Å². The lowest BCUT2D eigenvalue weighted by molar-refractivity contribution is -0.125. The van der Waals surface area contributed by atoms with Crippen molar-refractivity contribution in [2.75, 3.05) is 0 Å². The minimum Gasteiger partial charge on any atom is -0.349 e. The molecule has 110 valence electrons. The lowest BCUT2D eigenvalue weighted by Crippen LogP contribution is -2.29. The van der Waals surface area contributed by atoms with Gasteiger partial charge in [-0.05, 0) is 30.9 Å². The van der Waals surface area contributed by atoms with Crippen LogP contribution in [0.3, 0.4) is 0 Å². The van der Waals surface area contributed by atoms with E-state index in [4.69, 9.17) is 0 Å². The van der Waals surface area contributed by atoms with Crippen LogP contribution in [-0.4, -0.2) is 10.9 Å². The molecule has 0 spiro atoms. The van der Waals surface area contributed by atoms with Gasteiger partial charge >= 0.3 is 0 Å². The number of aromatic nitrogens is 1. The van der Waals surface area contributed by atoms with Crippen LogP contribution in [0.4, 0.5) is 4.39 Å². The van der Waals surface area contributed by atoms with Gasteiger partial charge in [-0.3, -0.25) is 4.79 Å². The minimum atomic E-state index is -0.277. The molecule has 21 heavy (non-hydrogen) atoms. The highest BCUT2D eigenvalue weighted by atomic mass is 32.1. The molecule has 0 saturated heterocycles. The first kappa shape index (κ1) is 14.2. The Bertz CT molecular complexity index is 651. The van der Waals surface area contributed by atoms with Crippen LogP contribution in [-0.2, 0) is 11.3 Å². The molecule has 0 bridgehead atoms. The molecule has 1 amide bonds. The molecule has 3 nitrogen and oxygen atoms in total. The van der Waals surface area contributed by atoms with E-state index in [1.807, 2.05) is 12.3 Å². The number of halogens is 1. The number of carbonyl (C=O) groups is 1. The summed E-state index contributed by atoms with van der Waals surface area (Å²) in [6.45, 7) is 2.38. The molecule has 1 saturated carbocycles. The maximum Gasteiger partial charge on any atom is 0.223 e. The first-order valence-electron chi connectivity index (χ1n) is 7.12. The van der Waals surface area contributed by atoms with E-state index in [1.165, 1.54) is 17.4 Å². The van der Waals surface area contributed by atoms with E-state index in [2.05, 4.69) is 10.3 Å². The van der Waals surface area contributed by atoms with Gasteiger partial charge in [-0.25, -0.2) is 9.37 Å². The predicted octanol–water partition coefficient (Wildman–Crippen LogP) is 3.61. The van der Waals surface area contributed by atoms with Crippen molar-refractivity contribution < 1.29 is 9.18 Å². The van der Waals surface area contributed by atoms with Gasteiger partial charge in [0.2, 0.25) is 5.91 Å². The zero-order valence-electron chi connectivity index (χ0n) is 11.8. The number of hydrogen-bond donors (Lipinski definition) is 1. The van der Waals surface area contributed by atoms with E-state index >= 15 is 0 Å². The Balaban J connectivity index is 1.63. The summed E-state index contributed by atoms with van der Waals surface area (Å²) in [5.74, 6) is 0.437. The summed E-state index contributed by atoms with van der Waals surface area (Å²) in [6, 6.07) is 6.58. The third kappa shape index (κ3) is 3.29. The fourth-order valence-electron chi connectivity index (χ4n) is 2.32. The Hall–Kier alpha value is -1.75. The zero-order valence-corrected chi connectivity index (χ0v) is 12.6. The maximum absolute atomic E-state index is 13.7. The zero-order chi connectivity index (χ0) is 14.8. The van der Waals surface area contributed by atoms with Crippen molar-refractivity contribution in [2.24, 2.45) is 11.8 Å². The minimum absolute atomic E-state index is 0.0796. The Labute approximate surface area is 127 Å². The van der Waals surface area contributed by atoms with Crippen molar-refractivity contribution in [1.29, 1.82) is 0 Å². The summed E-state index contributed by atoms with van der Waals surface area (Å²) in [4.78, 5) is 16.3. The number of amides is 1. The second-order valence-corrected chi connectivity index (χ2v) is 6.39. The van der Waals surface area contributed by atoms with E-state index in [0.29, 0.717) is 23.7 Å². The Morgan fingerprint density at radius 3 is 2.95 bits per heavy atom. The summed E-state index contributed by atoms with van der Waals surface area (Å²) < 4.78 is 13.7. The normalized spacial score (nSPS) is 15.7. The highest BCUT2D eigenvalue weighted by Crippen LogP contribution is 2.36. The van der Waals surface area contributed by atoms with Crippen molar-refractivity contribution in [2.45, 2.75) is 26.3 Å². The van der Waals surface area contributed by atoms with Crippen LogP contribution in [0.1, 0.15) is 24.8 Å². The number of benzene rings is 1. The van der Waals surface area contributed by atoms with Crippen LogP contribution in [0.5, 0.6) is 0 Å². The van der Waals surface area contributed by atoms with Crippen LogP contribution >= 0.6 is 11.3 Å². The second kappa shape index (κ2) is 5.93. The first-order chi connectivity index (χ1) is 10.1. The van der Waals surface area contributed by atoms with Gasteiger partial charge in [0.15, 0.2) is 0 Å². The van der Waals surface area contributed by atoms with E-state index in [1.54, 1.807) is 18.2 Å². The van der Waals surface area contributed by atoms with Crippen LogP contribution < -0.4 is 5.32 Å². The lowest BCUT2D eigenvalue weighted by atomic mass is 10.1. The number of thiazole rings is 1. The molecule has 0 aliphatic heterocycles. The molecule has 1 aromatic heterocycles. The van der Waals surface area contributed by atoms with E-state index in [9.17, 15) is 9.18 Å². The number of nitrogens with zero attached hydrogens (tertiary/aromatic N) is 1. The first-order valence-corrected chi connectivity index (χ1v) is 8.00. The van der Waals surface area contributed by atoms with Gasteiger partial charge in [-0.15, -0.1) is 11.3 Å². The van der Waals surface area contributed by atoms with E-state index in [0.717, 1.165) is 17.8 Å². The second-order valence-electron chi connectivity index (χ2n) is 5.45. The van der Waals surface area contributed by atoms with Gasteiger partial charge in [0.25, 0.3) is 0 Å². The predicted molar refractivity (Wildman–Crippen MR) is 81.2 cm³/mol. The lowest BCUT2D eigenvalue weighted by Gasteiger charge is -2.09. The molecule has 1 aliphatic carbocycles. The number of nitrogens with one attached hydrogen (secondary N) is 1. The molecule has 1 atom stereocenters. The molecule has 0 radical (unpaired) electrons. The topological polar surface area (TPSA) is 42.0 Å². The monoisotopic (exact) mass is 304 g/mol. The van der Waals surface area contributed by atoms with Crippen LogP contribution in [0.15, 0.2) is 29.6 Å². The van der Waals surface area contributed by atoms with Crippen molar-refractivity contribution in [3.8, 4) is 11.3 Å². The molecule has 1 unspecified atom stereocenters. The third-order valence-corrected chi connectivity index (χ3v) is 4.71. The van der Waals surface area contributed by atoms with E-state index < -0.39 is 0 Å². The Kier molecular flexibility index (Phi) is 4.01.